The van der Waals surface area contributed by atoms with Crippen molar-refractivity contribution >= 4 is 29.0 Å². The Morgan fingerprint density at radius 2 is 2.11 bits per heavy atom. The maximum atomic E-state index is 12.2. The molecule has 2 nitrogen and oxygen atoms in total. The SMILES string of the molecule is CN1CCC2CC(=O)c3c(Cl)cc(Cl)cc3C2C1. The summed E-state index contributed by atoms with van der Waals surface area (Å²) in [5.41, 5.74) is 1.76. The minimum Gasteiger partial charge on any atom is -0.306 e. The molecular formula is C14H15Cl2NO. The smallest absolute Gasteiger partial charge is 0.164 e. The van der Waals surface area contributed by atoms with Crippen LogP contribution in [0.25, 0.3) is 0 Å². The Labute approximate surface area is 117 Å². The molecule has 1 aliphatic heterocycles. The van der Waals surface area contributed by atoms with Crippen molar-refractivity contribution in [1.29, 1.82) is 0 Å². The molecule has 2 unspecified atom stereocenters. The number of carbonyl (C=O) groups is 1. The Morgan fingerprint density at radius 1 is 1.33 bits per heavy atom. The van der Waals surface area contributed by atoms with E-state index < -0.39 is 0 Å². The number of carbonyl (C=O) groups excluding carboxylic acids is 1. The van der Waals surface area contributed by atoms with Gasteiger partial charge in [0.2, 0.25) is 0 Å². The van der Waals surface area contributed by atoms with Crippen molar-refractivity contribution in [2.45, 2.75) is 18.8 Å². The number of Topliss-reactive ketones (excluding diaryl/α,β-unsaturated/α-hetero) is 1. The molecule has 3 rings (SSSR count). The number of likely N-dealkylation sites (N-methyl/N-ethyl adjacent to an activating group) is 1. The quantitative estimate of drug-likeness (QED) is 0.725. The van der Waals surface area contributed by atoms with Crippen LogP contribution in [0.2, 0.25) is 10.0 Å². The third kappa shape index (κ3) is 1.97. The van der Waals surface area contributed by atoms with E-state index >= 15 is 0 Å². The van der Waals surface area contributed by atoms with Crippen LogP contribution in [-0.2, 0) is 0 Å². The van der Waals surface area contributed by atoms with Crippen molar-refractivity contribution in [2.24, 2.45) is 5.92 Å². The third-order valence-corrected chi connectivity index (χ3v) is 4.69. The Morgan fingerprint density at radius 3 is 2.89 bits per heavy atom. The molecule has 0 aromatic heterocycles. The topological polar surface area (TPSA) is 20.3 Å². The van der Waals surface area contributed by atoms with Gasteiger partial charge in [0, 0.05) is 29.5 Å². The number of hydrogen-bond acceptors (Lipinski definition) is 2. The van der Waals surface area contributed by atoms with Crippen LogP contribution in [0.1, 0.15) is 34.7 Å². The predicted octanol–water partition coefficient (Wildman–Crippen LogP) is 3.62. The second-order valence-electron chi connectivity index (χ2n) is 5.40. The molecule has 0 spiro atoms. The Kier molecular flexibility index (Phi) is 3.13. The number of fused-ring (bicyclic) bond motifs is 3. The summed E-state index contributed by atoms with van der Waals surface area (Å²) in [6, 6.07) is 3.60. The predicted molar refractivity (Wildman–Crippen MR) is 73.8 cm³/mol. The fourth-order valence-electron chi connectivity index (χ4n) is 3.28. The highest BCUT2D eigenvalue weighted by Gasteiger charge is 2.38. The zero-order valence-corrected chi connectivity index (χ0v) is 11.8. The van der Waals surface area contributed by atoms with Crippen LogP contribution in [0.3, 0.4) is 0 Å². The van der Waals surface area contributed by atoms with Gasteiger partial charge in [0.05, 0.1) is 5.02 Å². The first kappa shape index (κ1) is 12.5. The fraction of sp³-hybridized carbons (Fsp3) is 0.500. The van der Waals surface area contributed by atoms with Gasteiger partial charge < -0.3 is 4.90 Å². The van der Waals surface area contributed by atoms with Gasteiger partial charge in [-0.15, -0.1) is 0 Å². The standard InChI is InChI=1S/C14H15Cl2NO/c1-17-3-2-8-4-13(18)14-10(11(8)7-17)5-9(15)6-12(14)16/h5-6,8,11H,2-4,7H2,1H3. The zero-order chi connectivity index (χ0) is 12.9. The first-order valence-electron chi connectivity index (χ1n) is 6.27. The first-order chi connectivity index (χ1) is 8.56. The number of piperidine rings is 1. The van der Waals surface area contributed by atoms with E-state index in [4.69, 9.17) is 23.2 Å². The Hall–Kier alpha value is -0.570. The highest BCUT2D eigenvalue weighted by Crippen LogP contribution is 2.44. The van der Waals surface area contributed by atoms with Crippen molar-refractivity contribution in [3.63, 3.8) is 0 Å². The normalized spacial score (nSPS) is 27.8. The van der Waals surface area contributed by atoms with E-state index in [1.807, 2.05) is 6.07 Å². The summed E-state index contributed by atoms with van der Waals surface area (Å²) in [7, 11) is 2.12. The average Bonchev–Trinajstić information content (AvgIpc) is 2.29. The third-order valence-electron chi connectivity index (χ3n) is 4.17. The number of hydrogen-bond donors (Lipinski definition) is 0. The van der Waals surface area contributed by atoms with Gasteiger partial charge in [0.1, 0.15) is 0 Å². The molecule has 1 saturated heterocycles. The van der Waals surface area contributed by atoms with Gasteiger partial charge in [-0.3, -0.25) is 4.79 Å². The number of nitrogens with zero attached hydrogens (tertiary/aromatic N) is 1. The highest BCUT2D eigenvalue weighted by molar-refractivity contribution is 6.37. The number of halogens is 2. The summed E-state index contributed by atoms with van der Waals surface area (Å²) in [5, 5.41) is 1.13. The number of benzene rings is 1. The molecule has 18 heavy (non-hydrogen) atoms. The lowest BCUT2D eigenvalue weighted by Crippen LogP contribution is -2.40. The van der Waals surface area contributed by atoms with Crippen LogP contribution in [0.15, 0.2) is 12.1 Å². The molecule has 0 bridgehead atoms. The van der Waals surface area contributed by atoms with E-state index in [2.05, 4.69) is 11.9 Å². The van der Waals surface area contributed by atoms with Crippen LogP contribution in [-0.4, -0.2) is 30.8 Å². The number of likely N-dealkylation sites (tertiary alicyclic amines) is 1. The van der Waals surface area contributed by atoms with Gasteiger partial charge in [-0.1, -0.05) is 23.2 Å². The van der Waals surface area contributed by atoms with E-state index in [1.165, 1.54) is 0 Å². The molecule has 1 heterocycles. The molecule has 96 valence electrons. The average molecular weight is 284 g/mol. The highest BCUT2D eigenvalue weighted by atomic mass is 35.5. The van der Waals surface area contributed by atoms with Gasteiger partial charge in [0.25, 0.3) is 0 Å². The van der Waals surface area contributed by atoms with Crippen molar-refractivity contribution in [3.05, 3.63) is 33.3 Å². The summed E-state index contributed by atoms with van der Waals surface area (Å²) < 4.78 is 0. The maximum Gasteiger partial charge on any atom is 0.164 e. The van der Waals surface area contributed by atoms with Crippen LogP contribution in [0.5, 0.6) is 0 Å². The Balaban J connectivity index is 2.12. The molecule has 4 heteroatoms. The lowest BCUT2D eigenvalue weighted by atomic mass is 9.71. The summed E-state index contributed by atoms with van der Waals surface area (Å²) >= 11 is 12.3. The van der Waals surface area contributed by atoms with Crippen LogP contribution in [0.4, 0.5) is 0 Å². The van der Waals surface area contributed by atoms with E-state index in [0.717, 1.165) is 25.1 Å². The second kappa shape index (κ2) is 4.52. The van der Waals surface area contributed by atoms with Crippen LogP contribution < -0.4 is 0 Å². The van der Waals surface area contributed by atoms with Crippen molar-refractivity contribution in [2.75, 3.05) is 20.1 Å². The van der Waals surface area contributed by atoms with Gasteiger partial charge in [-0.25, -0.2) is 0 Å². The van der Waals surface area contributed by atoms with E-state index in [0.29, 0.717) is 33.9 Å². The lowest BCUT2D eigenvalue weighted by Gasteiger charge is -2.40. The van der Waals surface area contributed by atoms with Gasteiger partial charge in [-0.05, 0) is 43.6 Å². The monoisotopic (exact) mass is 283 g/mol. The summed E-state index contributed by atoms with van der Waals surface area (Å²) in [4.78, 5) is 14.5. The maximum absolute atomic E-state index is 12.2. The van der Waals surface area contributed by atoms with Gasteiger partial charge >= 0.3 is 0 Å². The molecule has 0 amide bonds. The summed E-state index contributed by atoms with van der Waals surface area (Å²) in [6.07, 6.45) is 1.71. The van der Waals surface area contributed by atoms with Crippen molar-refractivity contribution < 1.29 is 4.79 Å². The summed E-state index contributed by atoms with van der Waals surface area (Å²) in [5.74, 6) is 1.03. The zero-order valence-electron chi connectivity index (χ0n) is 10.2. The first-order valence-corrected chi connectivity index (χ1v) is 7.02. The van der Waals surface area contributed by atoms with Crippen molar-refractivity contribution in [1.82, 2.24) is 4.90 Å². The lowest BCUT2D eigenvalue weighted by molar-refractivity contribution is 0.0887. The molecule has 2 aliphatic rings. The molecule has 0 radical (unpaired) electrons. The molecule has 1 fully saturated rings. The van der Waals surface area contributed by atoms with E-state index in [1.54, 1.807) is 6.07 Å². The molecule has 1 aromatic rings. The second-order valence-corrected chi connectivity index (χ2v) is 6.24. The molecule has 0 saturated carbocycles. The van der Waals surface area contributed by atoms with Crippen molar-refractivity contribution in [3.8, 4) is 0 Å². The molecule has 2 atom stereocenters. The molecule has 0 N–H and O–H groups in total. The number of ketones is 1. The Bertz CT molecular complexity index is 515. The van der Waals surface area contributed by atoms with Crippen LogP contribution in [0, 0.1) is 5.92 Å². The van der Waals surface area contributed by atoms with E-state index in [9.17, 15) is 4.79 Å². The molecular weight excluding hydrogens is 269 g/mol. The number of rotatable bonds is 0. The van der Waals surface area contributed by atoms with Crippen LogP contribution >= 0.6 is 23.2 Å². The molecule has 1 aliphatic carbocycles. The van der Waals surface area contributed by atoms with Gasteiger partial charge in [-0.2, -0.15) is 0 Å². The minimum absolute atomic E-state index is 0.178. The summed E-state index contributed by atoms with van der Waals surface area (Å²) in [6.45, 7) is 2.06. The fourth-order valence-corrected chi connectivity index (χ4v) is 3.90. The molecule has 1 aromatic carbocycles. The van der Waals surface area contributed by atoms with E-state index in [-0.39, 0.29) is 5.78 Å². The minimum atomic E-state index is 0.178. The van der Waals surface area contributed by atoms with Gasteiger partial charge in [0.15, 0.2) is 5.78 Å². The largest absolute Gasteiger partial charge is 0.306 e.